The Bertz CT molecular complexity index is 1140. The van der Waals surface area contributed by atoms with E-state index in [1.165, 1.54) is 283 Å². The summed E-state index contributed by atoms with van der Waals surface area (Å²) in [5.74, 6) is -0.0239. The lowest BCUT2D eigenvalue weighted by molar-refractivity contribution is -0.143. The Balaban J connectivity index is 3.30. The predicted octanol–water partition coefficient (Wildman–Crippen LogP) is 21.0. The van der Waals surface area contributed by atoms with Crippen molar-refractivity contribution >= 4 is 11.9 Å². The number of amides is 1. The normalized spacial score (nSPS) is 12.7. The first kappa shape index (κ1) is 71.3. The van der Waals surface area contributed by atoms with Crippen molar-refractivity contribution in [3.63, 3.8) is 0 Å². The van der Waals surface area contributed by atoms with Gasteiger partial charge in [-0.25, -0.2) is 0 Å². The van der Waals surface area contributed by atoms with E-state index in [9.17, 15) is 19.8 Å². The number of carbonyl (C=O) groups excluding carboxylic acids is 2. The highest BCUT2D eigenvalue weighted by Crippen LogP contribution is 2.19. The molecule has 0 bridgehead atoms. The van der Waals surface area contributed by atoms with Crippen molar-refractivity contribution in [2.45, 2.75) is 379 Å². The minimum absolute atomic E-state index is 0.00602. The zero-order valence-electron chi connectivity index (χ0n) is 49.4. The van der Waals surface area contributed by atoms with Gasteiger partial charge in [0.2, 0.25) is 5.91 Å². The highest BCUT2D eigenvalue weighted by Gasteiger charge is 2.20. The van der Waals surface area contributed by atoms with Crippen molar-refractivity contribution in [3.8, 4) is 0 Å². The SMILES string of the molecule is CCC/C=C\C/C=C\CCCCCCCC(=O)OCCCCCCCCCCCCCCCCCCCCCCCCCCCCCCCCCCC(=O)NC(CO)C(O)CCCCCCCCCCCCC. The second kappa shape index (κ2) is 62.9. The van der Waals surface area contributed by atoms with Crippen LogP contribution in [0.2, 0.25) is 0 Å². The van der Waals surface area contributed by atoms with Crippen LogP contribution in [-0.2, 0) is 14.3 Å². The zero-order chi connectivity index (χ0) is 52.9. The number of aliphatic hydroxyl groups excluding tert-OH is 2. The van der Waals surface area contributed by atoms with E-state index in [1.54, 1.807) is 0 Å². The lowest BCUT2D eigenvalue weighted by atomic mass is 10.0. The van der Waals surface area contributed by atoms with Crippen LogP contribution in [0, 0.1) is 0 Å². The van der Waals surface area contributed by atoms with Crippen molar-refractivity contribution < 1.29 is 24.5 Å². The minimum Gasteiger partial charge on any atom is -0.466 e. The van der Waals surface area contributed by atoms with Crippen molar-refractivity contribution in [3.05, 3.63) is 24.3 Å². The van der Waals surface area contributed by atoms with Gasteiger partial charge in [0.25, 0.3) is 0 Å². The van der Waals surface area contributed by atoms with Crippen molar-refractivity contribution in [1.82, 2.24) is 5.32 Å². The fourth-order valence-electron chi connectivity index (χ4n) is 10.4. The van der Waals surface area contributed by atoms with Crippen LogP contribution in [0.3, 0.4) is 0 Å². The molecule has 6 heteroatoms. The maximum absolute atomic E-state index is 12.5. The topological polar surface area (TPSA) is 95.9 Å². The summed E-state index contributed by atoms with van der Waals surface area (Å²) in [4.78, 5) is 24.5. The zero-order valence-corrected chi connectivity index (χ0v) is 49.4. The van der Waals surface area contributed by atoms with E-state index in [0.717, 1.165) is 51.4 Å². The number of hydrogen-bond acceptors (Lipinski definition) is 5. The Kier molecular flexibility index (Phi) is 61.4. The van der Waals surface area contributed by atoms with E-state index >= 15 is 0 Å². The van der Waals surface area contributed by atoms with Gasteiger partial charge in [-0.3, -0.25) is 9.59 Å². The first-order valence-corrected chi connectivity index (χ1v) is 33.1. The smallest absolute Gasteiger partial charge is 0.305 e. The summed E-state index contributed by atoms with van der Waals surface area (Å²) >= 11 is 0. The summed E-state index contributed by atoms with van der Waals surface area (Å²) < 4.78 is 5.48. The molecular formula is C67H129NO5. The maximum Gasteiger partial charge on any atom is 0.305 e. The molecule has 0 spiro atoms. The highest BCUT2D eigenvalue weighted by atomic mass is 16.5. The van der Waals surface area contributed by atoms with E-state index in [4.69, 9.17) is 4.74 Å². The van der Waals surface area contributed by atoms with Crippen LogP contribution >= 0.6 is 0 Å². The van der Waals surface area contributed by atoms with Gasteiger partial charge < -0.3 is 20.3 Å². The van der Waals surface area contributed by atoms with Gasteiger partial charge in [-0.1, -0.05) is 327 Å². The van der Waals surface area contributed by atoms with Gasteiger partial charge in [0, 0.05) is 12.8 Å². The second-order valence-electron chi connectivity index (χ2n) is 22.8. The summed E-state index contributed by atoms with van der Waals surface area (Å²) in [5.41, 5.74) is 0. The van der Waals surface area contributed by atoms with Crippen molar-refractivity contribution in [2.24, 2.45) is 0 Å². The Hall–Kier alpha value is -1.66. The maximum atomic E-state index is 12.5. The number of nitrogens with one attached hydrogen (secondary N) is 1. The molecule has 0 aromatic heterocycles. The third-order valence-electron chi connectivity index (χ3n) is 15.5. The third kappa shape index (κ3) is 59.4. The Morgan fingerprint density at radius 3 is 1.10 bits per heavy atom. The van der Waals surface area contributed by atoms with Gasteiger partial charge >= 0.3 is 5.97 Å². The first-order chi connectivity index (χ1) is 36.0. The average Bonchev–Trinajstić information content (AvgIpc) is 3.39. The third-order valence-corrected chi connectivity index (χ3v) is 15.5. The molecule has 0 radical (unpaired) electrons. The minimum atomic E-state index is -0.659. The van der Waals surface area contributed by atoms with Crippen molar-refractivity contribution in [2.75, 3.05) is 13.2 Å². The van der Waals surface area contributed by atoms with Gasteiger partial charge in [-0.2, -0.15) is 0 Å². The summed E-state index contributed by atoms with van der Waals surface area (Å²) in [6, 6.07) is -0.536. The molecule has 1 amide bonds. The molecule has 2 atom stereocenters. The molecule has 0 aliphatic heterocycles. The number of ether oxygens (including phenoxy) is 1. The van der Waals surface area contributed by atoms with Crippen LogP contribution in [0.15, 0.2) is 24.3 Å². The molecule has 0 saturated heterocycles. The van der Waals surface area contributed by atoms with E-state index in [1.807, 2.05) is 0 Å². The Morgan fingerprint density at radius 1 is 0.384 bits per heavy atom. The summed E-state index contributed by atoms with van der Waals surface area (Å²) in [7, 11) is 0. The number of aliphatic hydroxyl groups is 2. The van der Waals surface area contributed by atoms with Gasteiger partial charge in [0.1, 0.15) is 0 Å². The second-order valence-corrected chi connectivity index (χ2v) is 22.8. The summed E-state index contributed by atoms with van der Waals surface area (Å²) in [6.07, 6.45) is 78.0. The molecule has 0 aromatic rings. The molecular weight excluding hydrogens is 899 g/mol. The number of allylic oxidation sites excluding steroid dienone is 4. The quantitative estimate of drug-likeness (QED) is 0.0320. The number of hydrogen-bond donors (Lipinski definition) is 3. The molecule has 6 nitrogen and oxygen atoms in total. The van der Waals surface area contributed by atoms with Gasteiger partial charge in [0.15, 0.2) is 0 Å². The average molecular weight is 1030 g/mol. The lowest BCUT2D eigenvalue weighted by Crippen LogP contribution is -2.45. The molecule has 0 saturated carbocycles. The highest BCUT2D eigenvalue weighted by molar-refractivity contribution is 5.76. The van der Waals surface area contributed by atoms with Crippen LogP contribution in [-0.4, -0.2) is 47.4 Å². The fraction of sp³-hybridized carbons (Fsp3) is 0.910. The molecule has 0 fully saturated rings. The number of esters is 1. The molecule has 3 N–H and O–H groups in total. The van der Waals surface area contributed by atoms with E-state index < -0.39 is 12.1 Å². The molecule has 2 unspecified atom stereocenters. The number of carbonyl (C=O) groups is 2. The largest absolute Gasteiger partial charge is 0.466 e. The number of unbranched alkanes of at least 4 members (excludes halogenated alkanes) is 47. The Labute approximate surface area is 456 Å². The summed E-state index contributed by atoms with van der Waals surface area (Å²) in [6.45, 7) is 4.90. The van der Waals surface area contributed by atoms with Crippen LogP contribution in [0.4, 0.5) is 0 Å². The van der Waals surface area contributed by atoms with E-state index in [2.05, 4.69) is 43.5 Å². The molecule has 0 aliphatic rings. The van der Waals surface area contributed by atoms with Crippen LogP contribution in [0.25, 0.3) is 0 Å². The van der Waals surface area contributed by atoms with Gasteiger partial charge in [-0.15, -0.1) is 0 Å². The Morgan fingerprint density at radius 2 is 0.712 bits per heavy atom. The number of rotatable bonds is 62. The molecule has 0 aromatic carbocycles. The molecule has 73 heavy (non-hydrogen) atoms. The monoisotopic (exact) mass is 1030 g/mol. The van der Waals surface area contributed by atoms with E-state index in [0.29, 0.717) is 25.9 Å². The van der Waals surface area contributed by atoms with Crippen LogP contribution in [0.1, 0.15) is 367 Å². The molecule has 0 rings (SSSR count). The summed E-state index contributed by atoms with van der Waals surface area (Å²) in [5, 5.41) is 23.2. The van der Waals surface area contributed by atoms with Gasteiger partial charge in [0.05, 0.1) is 25.4 Å². The van der Waals surface area contributed by atoms with Crippen molar-refractivity contribution in [1.29, 1.82) is 0 Å². The predicted molar refractivity (Wildman–Crippen MR) is 320 cm³/mol. The van der Waals surface area contributed by atoms with Crippen LogP contribution in [0.5, 0.6) is 0 Å². The first-order valence-electron chi connectivity index (χ1n) is 33.1. The molecule has 432 valence electrons. The van der Waals surface area contributed by atoms with Gasteiger partial charge in [-0.05, 0) is 51.4 Å². The van der Waals surface area contributed by atoms with Crippen LogP contribution < -0.4 is 5.32 Å². The lowest BCUT2D eigenvalue weighted by Gasteiger charge is -2.22. The molecule has 0 aliphatic carbocycles. The fourth-order valence-corrected chi connectivity index (χ4v) is 10.4. The molecule has 0 heterocycles. The standard InChI is InChI=1S/C67H129NO5/c1-3-5-7-9-11-13-15-36-41-45-49-53-57-61-67(72)73-62-58-54-50-46-42-38-35-33-31-29-27-25-23-21-19-17-16-18-20-22-24-26-28-30-32-34-37-40-44-48-52-56-60-66(71)68-64(63-69)65(70)59-55-51-47-43-39-14-12-10-8-6-4-2/h7,9,13,15,64-65,69-70H,3-6,8,10-12,14,16-63H2,1-2H3,(H,68,71)/b9-7-,15-13-. The van der Waals surface area contributed by atoms with E-state index in [-0.39, 0.29) is 18.5 Å².